The summed E-state index contributed by atoms with van der Waals surface area (Å²) in [6.07, 6.45) is 1.82. The maximum Gasteiger partial charge on any atom is 0.169 e. The minimum Gasteiger partial charge on any atom is -0.494 e. The molecule has 2 heterocycles. The van der Waals surface area contributed by atoms with Crippen molar-refractivity contribution in [3.63, 3.8) is 0 Å². The van der Waals surface area contributed by atoms with Crippen molar-refractivity contribution in [2.75, 3.05) is 44.7 Å². The van der Waals surface area contributed by atoms with E-state index in [-0.39, 0.29) is 0 Å². The Kier molecular flexibility index (Phi) is 5.38. The Bertz CT molecular complexity index is 784. The highest BCUT2D eigenvalue weighted by molar-refractivity contribution is 7.80. The molecule has 1 aromatic carbocycles. The molecule has 3 rings (SSSR count). The fraction of sp³-hybridized carbons (Fsp3) is 0.368. The van der Waals surface area contributed by atoms with Crippen molar-refractivity contribution < 1.29 is 4.74 Å². The van der Waals surface area contributed by atoms with E-state index in [0.717, 1.165) is 53.8 Å². The van der Waals surface area contributed by atoms with Crippen LogP contribution in [0.5, 0.6) is 5.75 Å². The summed E-state index contributed by atoms with van der Waals surface area (Å²) in [4.78, 5) is 9.38. The van der Waals surface area contributed by atoms with Crippen LogP contribution in [0.1, 0.15) is 5.56 Å². The van der Waals surface area contributed by atoms with Gasteiger partial charge >= 0.3 is 0 Å². The van der Waals surface area contributed by atoms with Crippen molar-refractivity contribution in [2.45, 2.75) is 6.92 Å². The molecule has 0 saturated carbocycles. The second kappa shape index (κ2) is 7.70. The molecule has 2 aromatic rings. The van der Waals surface area contributed by atoms with Crippen LogP contribution in [0.3, 0.4) is 0 Å². The number of hydrogen-bond donors (Lipinski definition) is 1. The molecule has 1 aliphatic rings. The first-order chi connectivity index (χ1) is 12.1. The Hall–Kier alpha value is -2.34. The Morgan fingerprint density at radius 2 is 2.12 bits per heavy atom. The number of para-hydroxylation sites is 1. The summed E-state index contributed by atoms with van der Waals surface area (Å²) in [5.74, 6) is 1.81. The summed E-state index contributed by atoms with van der Waals surface area (Å²) >= 11 is 5.43. The van der Waals surface area contributed by atoms with Gasteiger partial charge in [0.25, 0.3) is 0 Å². The van der Waals surface area contributed by atoms with Gasteiger partial charge in [-0.05, 0) is 36.8 Å². The molecule has 6 heteroatoms. The van der Waals surface area contributed by atoms with E-state index in [1.165, 1.54) is 5.56 Å². The van der Waals surface area contributed by atoms with Gasteiger partial charge in [-0.25, -0.2) is 4.98 Å². The van der Waals surface area contributed by atoms with E-state index in [1.807, 2.05) is 18.2 Å². The normalized spacial score (nSPS) is 14.5. The zero-order valence-electron chi connectivity index (χ0n) is 14.8. The number of pyridine rings is 1. The molecular weight excluding hydrogens is 332 g/mol. The lowest BCUT2D eigenvalue weighted by Crippen LogP contribution is -2.52. The lowest BCUT2D eigenvalue weighted by molar-refractivity contribution is 0.380. The molecule has 0 spiro atoms. The lowest BCUT2D eigenvalue weighted by atomic mass is 10.1. The highest BCUT2D eigenvalue weighted by Gasteiger charge is 2.20. The number of methoxy groups -OCH3 is 1. The standard InChI is InChI=1S/C19H24N4OS/c1-4-8-20-19(25)23-11-9-22(10-12-23)17-13-14(2)15-6-5-7-16(24-3)18(15)21-17/h4-7,13H,1,8-12H2,2-3H3,(H,20,25). The van der Waals surface area contributed by atoms with Crippen LogP contribution in [-0.2, 0) is 0 Å². The second-order valence-corrected chi connectivity index (χ2v) is 6.49. The van der Waals surface area contributed by atoms with Gasteiger partial charge in [-0.3, -0.25) is 0 Å². The molecule has 132 valence electrons. The van der Waals surface area contributed by atoms with Gasteiger partial charge in [-0.1, -0.05) is 18.2 Å². The van der Waals surface area contributed by atoms with Gasteiger partial charge in [0, 0.05) is 38.1 Å². The summed E-state index contributed by atoms with van der Waals surface area (Å²) in [5.41, 5.74) is 2.13. The van der Waals surface area contributed by atoms with Crippen LogP contribution in [0.25, 0.3) is 10.9 Å². The largest absolute Gasteiger partial charge is 0.494 e. The highest BCUT2D eigenvalue weighted by atomic mass is 32.1. The maximum absolute atomic E-state index is 5.49. The first-order valence-electron chi connectivity index (χ1n) is 8.47. The molecule has 1 aliphatic heterocycles. The van der Waals surface area contributed by atoms with Crippen molar-refractivity contribution in [1.82, 2.24) is 15.2 Å². The maximum atomic E-state index is 5.49. The van der Waals surface area contributed by atoms with Crippen molar-refractivity contribution in [3.05, 3.63) is 42.5 Å². The summed E-state index contributed by atoms with van der Waals surface area (Å²) in [5, 5.41) is 5.12. The first-order valence-corrected chi connectivity index (χ1v) is 8.88. The molecule has 1 N–H and O–H groups in total. The predicted octanol–water partition coefficient (Wildman–Crippen LogP) is 2.73. The van der Waals surface area contributed by atoms with Gasteiger partial charge in [0.2, 0.25) is 0 Å². The van der Waals surface area contributed by atoms with Gasteiger partial charge in [0.05, 0.1) is 7.11 Å². The molecule has 5 nitrogen and oxygen atoms in total. The van der Waals surface area contributed by atoms with E-state index in [4.69, 9.17) is 21.9 Å². The topological polar surface area (TPSA) is 40.6 Å². The number of thiocarbonyl (C=S) groups is 1. The van der Waals surface area contributed by atoms with E-state index in [1.54, 1.807) is 7.11 Å². The summed E-state index contributed by atoms with van der Waals surface area (Å²) < 4.78 is 5.49. The third-order valence-corrected chi connectivity index (χ3v) is 4.91. The number of piperazine rings is 1. The average molecular weight is 356 g/mol. The van der Waals surface area contributed by atoms with E-state index in [0.29, 0.717) is 6.54 Å². The van der Waals surface area contributed by atoms with Crippen molar-refractivity contribution in [2.24, 2.45) is 0 Å². The van der Waals surface area contributed by atoms with Crippen molar-refractivity contribution >= 4 is 34.1 Å². The fourth-order valence-electron chi connectivity index (χ4n) is 3.11. The molecule has 1 saturated heterocycles. The Balaban J connectivity index is 1.77. The number of aromatic nitrogens is 1. The van der Waals surface area contributed by atoms with E-state index < -0.39 is 0 Å². The highest BCUT2D eigenvalue weighted by Crippen LogP contribution is 2.29. The van der Waals surface area contributed by atoms with Crippen LogP contribution in [0.2, 0.25) is 0 Å². The number of nitrogens with one attached hydrogen (secondary N) is 1. The average Bonchev–Trinajstić information content (AvgIpc) is 2.65. The zero-order chi connectivity index (χ0) is 17.8. The van der Waals surface area contributed by atoms with Crippen LogP contribution in [0, 0.1) is 6.92 Å². The predicted molar refractivity (Wildman–Crippen MR) is 108 cm³/mol. The summed E-state index contributed by atoms with van der Waals surface area (Å²) in [6.45, 7) is 10.1. The minimum absolute atomic E-state index is 0.699. The van der Waals surface area contributed by atoms with Gasteiger partial charge in [0.1, 0.15) is 17.1 Å². The van der Waals surface area contributed by atoms with Crippen LogP contribution >= 0.6 is 12.2 Å². The molecule has 25 heavy (non-hydrogen) atoms. The second-order valence-electron chi connectivity index (χ2n) is 6.10. The number of anilines is 1. The number of ether oxygens (including phenoxy) is 1. The van der Waals surface area contributed by atoms with Gasteiger partial charge < -0.3 is 19.9 Å². The zero-order valence-corrected chi connectivity index (χ0v) is 15.6. The number of nitrogens with zero attached hydrogens (tertiary/aromatic N) is 3. The molecule has 0 unspecified atom stereocenters. The number of rotatable bonds is 4. The van der Waals surface area contributed by atoms with Crippen LogP contribution < -0.4 is 15.0 Å². The lowest BCUT2D eigenvalue weighted by Gasteiger charge is -2.37. The van der Waals surface area contributed by atoms with Crippen LogP contribution in [0.15, 0.2) is 36.9 Å². The number of benzene rings is 1. The summed E-state index contributed by atoms with van der Waals surface area (Å²) in [7, 11) is 1.69. The Morgan fingerprint density at radius 1 is 1.36 bits per heavy atom. The molecule has 1 aromatic heterocycles. The van der Waals surface area contributed by atoms with E-state index >= 15 is 0 Å². The van der Waals surface area contributed by atoms with Crippen molar-refractivity contribution in [1.29, 1.82) is 0 Å². The number of aryl methyl sites for hydroxylation is 1. The summed E-state index contributed by atoms with van der Waals surface area (Å²) in [6, 6.07) is 8.21. The van der Waals surface area contributed by atoms with Gasteiger partial charge in [-0.15, -0.1) is 6.58 Å². The molecule has 0 amide bonds. The fourth-order valence-corrected chi connectivity index (χ4v) is 3.38. The molecular formula is C19H24N4OS. The van der Waals surface area contributed by atoms with E-state index in [2.05, 4.69) is 40.8 Å². The number of hydrogen-bond acceptors (Lipinski definition) is 4. The monoisotopic (exact) mass is 356 g/mol. The first kappa shape index (κ1) is 17.5. The number of fused-ring (bicyclic) bond motifs is 1. The molecule has 0 bridgehead atoms. The van der Waals surface area contributed by atoms with Crippen LogP contribution in [0.4, 0.5) is 5.82 Å². The Morgan fingerprint density at radius 3 is 2.80 bits per heavy atom. The molecule has 0 radical (unpaired) electrons. The molecule has 0 aliphatic carbocycles. The Labute approximate surface area is 154 Å². The minimum atomic E-state index is 0.699. The SMILES string of the molecule is C=CCNC(=S)N1CCN(c2cc(C)c3cccc(OC)c3n2)CC1. The van der Waals surface area contributed by atoms with Crippen LogP contribution in [-0.4, -0.2) is 54.8 Å². The quantitative estimate of drug-likeness (QED) is 0.671. The van der Waals surface area contributed by atoms with Gasteiger partial charge in [0.15, 0.2) is 5.11 Å². The molecule has 1 fully saturated rings. The van der Waals surface area contributed by atoms with Crippen molar-refractivity contribution in [3.8, 4) is 5.75 Å². The smallest absolute Gasteiger partial charge is 0.169 e. The van der Waals surface area contributed by atoms with Gasteiger partial charge in [-0.2, -0.15) is 0 Å². The molecule has 0 atom stereocenters. The van der Waals surface area contributed by atoms with E-state index in [9.17, 15) is 0 Å². The third-order valence-electron chi connectivity index (χ3n) is 4.50. The third kappa shape index (κ3) is 3.69.